The van der Waals surface area contributed by atoms with E-state index in [1.165, 1.54) is 0 Å². The van der Waals surface area contributed by atoms with Crippen molar-refractivity contribution in [3.05, 3.63) is 66.2 Å². The number of hydrogen-bond acceptors (Lipinski definition) is 6. The maximum atomic E-state index is 6.51. The van der Waals surface area contributed by atoms with Crippen molar-refractivity contribution >= 4 is 8.32 Å². The van der Waals surface area contributed by atoms with Crippen molar-refractivity contribution in [1.82, 2.24) is 0 Å². The highest BCUT2D eigenvalue weighted by atomic mass is 28.4. The van der Waals surface area contributed by atoms with E-state index in [4.69, 9.17) is 28.1 Å². The Balaban J connectivity index is 1.72. The van der Waals surface area contributed by atoms with Gasteiger partial charge in [0.05, 0.1) is 19.8 Å². The van der Waals surface area contributed by atoms with Crippen LogP contribution in [0, 0.1) is 0 Å². The Morgan fingerprint density at radius 2 is 1.61 bits per heavy atom. The van der Waals surface area contributed by atoms with Gasteiger partial charge in [0.2, 0.25) is 6.29 Å². The topological polar surface area (TPSA) is 55.4 Å². The predicted octanol–water partition coefficient (Wildman–Crippen LogP) is 5.39. The van der Waals surface area contributed by atoms with E-state index in [2.05, 4.69) is 33.9 Å². The van der Waals surface area contributed by atoms with Crippen LogP contribution in [-0.2, 0) is 30.0 Å². The Bertz CT molecular complexity index is 824. The molecule has 1 fully saturated rings. The van der Waals surface area contributed by atoms with Crippen molar-refractivity contribution < 1.29 is 28.1 Å². The SMILES string of the molecule is CO[C@H]1OC[C@H]([C@H](CO[Si](C)(C)C(C)(C)C)OCc2ccccc2)O[C@H]1Oc1ccccc1. The normalized spacial score (nSPS) is 22.7. The molecule has 1 aliphatic rings. The molecule has 0 aromatic heterocycles. The number of ether oxygens (including phenoxy) is 5. The summed E-state index contributed by atoms with van der Waals surface area (Å²) in [6.45, 7) is 12.4. The Morgan fingerprint density at radius 3 is 2.21 bits per heavy atom. The lowest BCUT2D eigenvalue weighted by Gasteiger charge is -2.41. The van der Waals surface area contributed by atoms with E-state index in [9.17, 15) is 0 Å². The van der Waals surface area contributed by atoms with Gasteiger partial charge in [-0.15, -0.1) is 0 Å². The van der Waals surface area contributed by atoms with E-state index in [0.29, 0.717) is 25.6 Å². The standard InChI is InChI=1S/C26H38O6Si/c1-26(2,3)33(5,6)30-19-22(28-17-20-13-9-7-10-14-20)23-18-29-24(27-4)25(32-23)31-21-15-11-8-12-16-21/h7-16,22-25H,17-19H2,1-6H3/t22-,23+,24-,25+/m0/s1. The van der Waals surface area contributed by atoms with E-state index >= 15 is 0 Å². The molecular weight excluding hydrogens is 436 g/mol. The molecule has 0 radical (unpaired) electrons. The fraction of sp³-hybridized carbons (Fsp3) is 0.538. The molecule has 182 valence electrons. The van der Waals surface area contributed by atoms with E-state index in [0.717, 1.165) is 5.56 Å². The van der Waals surface area contributed by atoms with Crippen LogP contribution in [0.15, 0.2) is 60.7 Å². The van der Waals surface area contributed by atoms with Gasteiger partial charge >= 0.3 is 0 Å². The van der Waals surface area contributed by atoms with Crippen molar-refractivity contribution in [2.75, 3.05) is 20.3 Å². The van der Waals surface area contributed by atoms with Crippen molar-refractivity contribution in [1.29, 1.82) is 0 Å². The minimum atomic E-state index is -1.97. The minimum absolute atomic E-state index is 0.0982. The maximum Gasteiger partial charge on any atom is 0.251 e. The van der Waals surface area contributed by atoms with E-state index in [-0.39, 0.29) is 17.2 Å². The van der Waals surface area contributed by atoms with Gasteiger partial charge in [0.25, 0.3) is 6.29 Å². The molecule has 1 heterocycles. The van der Waals surface area contributed by atoms with Gasteiger partial charge in [0, 0.05) is 7.11 Å². The first kappa shape index (κ1) is 25.9. The first-order valence-corrected chi connectivity index (χ1v) is 14.4. The zero-order chi connectivity index (χ0) is 23.9. The molecule has 3 rings (SSSR count). The van der Waals surface area contributed by atoms with Crippen LogP contribution in [0.25, 0.3) is 0 Å². The van der Waals surface area contributed by atoms with Gasteiger partial charge in [-0.3, -0.25) is 0 Å². The van der Waals surface area contributed by atoms with Gasteiger partial charge in [-0.2, -0.15) is 0 Å². The summed E-state index contributed by atoms with van der Waals surface area (Å²) in [7, 11) is -0.387. The lowest BCUT2D eigenvalue weighted by atomic mass is 10.2. The Labute approximate surface area is 199 Å². The summed E-state index contributed by atoms with van der Waals surface area (Å²) in [6.07, 6.45) is -2.03. The van der Waals surface area contributed by atoms with Crippen LogP contribution < -0.4 is 4.74 Å². The molecule has 1 aliphatic heterocycles. The summed E-state index contributed by atoms with van der Waals surface area (Å²) >= 11 is 0. The summed E-state index contributed by atoms with van der Waals surface area (Å²) in [5, 5.41) is 0.0982. The van der Waals surface area contributed by atoms with E-state index in [1.807, 2.05) is 60.7 Å². The molecule has 0 unspecified atom stereocenters. The fourth-order valence-corrected chi connectivity index (χ4v) is 4.20. The summed E-state index contributed by atoms with van der Waals surface area (Å²) in [5.74, 6) is 0.688. The molecule has 0 bridgehead atoms. The number of para-hydroxylation sites is 1. The quantitative estimate of drug-likeness (QED) is 0.431. The molecule has 2 aromatic carbocycles. The smallest absolute Gasteiger partial charge is 0.251 e. The second-order valence-electron chi connectivity index (χ2n) is 9.82. The third kappa shape index (κ3) is 7.37. The molecule has 0 spiro atoms. The van der Waals surface area contributed by atoms with Crippen LogP contribution in [0.5, 0.6) is 5.75 Å². The lowest BCUT2D eigenvalue weighted by molar-refractivity contribution is -0.327. The second-order valence-corrected chi connectivity index (χ2v) is 14.6. The van der Waals surface area contributed by atoms with Crippen molar-refractivity contribution in [2.45, 2.75) is 70.3 Å². The second kappa shape index (κ2) is 11.6. The summed E-state index contributed by atoms with van der Waals surface area (Å²) in [5.41, 5.74) is 1.10. The molecule has 0 amide bonds. The van der Waals surface area contributed by atoms with Crippen LogP contribution in [0.3, 0.4) is 0 Å². The first-order valence-electron chi connectivity index (χ1n) is 11.5. The van der Waals surface area contributed by atoms with Gasteiger partial charge in [-0.1, -0.05) is 69.3 Å². The molecule has 2 aromatic rings. The summed E-state index contributed by atoms with van der Waals surface area (Å²) in [4.78, 5) is 0. The average molecular weight is 475 g/mol. The molecule has 0 saturated carbocycles. The highest BCUT2D eigenvalue weighted by molar-refractivity contribution is 6.74. The molecule has 4 atom stereocenters. The Kier molecular flexibility index (Phi) is 9.09. The van der Waals surface area contributed by atoms with Crippen molar-refractivity contribution in [3.63, 3.8) is 0 Å². The van der Waals surface area contributed by atoms with Crippen LogP contribution >= 0.6 is 0 Å². The minimum Gasteiger partial charge on any atom is -0.459 e. The summed E-state index contributed by atoms with van der Waals surface area (Å²) < 4.78 is 36.6. The van der Waals surface area contributed by atoms with Crippen LogP contribution in [0.4, 0.5) is 0 Å². The van der Waals surface area contributed by atoms with E-state index < -0.39 is 20.9 Å². The van der Waals surface area contributed by atoms with Gasteiger partial charge in [-0.25, -0.2) is 0 Å². The van der Waals surface area contributed by atoms with Crippen LogP contribution in [-0.4, -0.2) is 53.4 Å². The number of rotatable bonds is 10. The zero-order valence-corrected chi connectivity index (χ0v) is 21.7. The van der Waals surface area contributed by atoms with E-state index in [1.54, 1.807) is 7.11 Å². The zero-order valence-electron chi connectivity index (χ0n) is 20.7. The van der Waals surface area contributed by atoms with Crippen LogP contribution in [0.1, 0.15) is 26.3 Å². The monoisotopic (exact) mass is 474 g/mol. The molecule has 0 N–H and O–H groups in total. The molecular formula is C26H38O6Si. The van der Waals surface area contributed by atoms with Gasteiger partial charge in [0.1, 0.15) is 18.0 Å². The molecule has 6 nitrogen and oxygen atoms in total. The van der Waals surface area contributed by atoms with Crippen molar-refractivity contribution in [3.8, 4) is 5.75 Å². The maximum absolute atomic E-state index is 6.51. The fourth-order valence-electron chi connectivity index (χ4n) is 3.18. The molecule has 7 heteroatoms. The summed E-state index contributed by atoms with van der Waals surface area (Å²) in [6, 6.07) is 19.6. The van der Waals surface area contributed by atoms with Gasteiger partial charge < -0.3 is 28.1 Å². The largest absolute Gasteiger partial charge is 0.459 e. The average Bonchev–Trinajstić information content (AvgIpc) is 2.80. The third-order valence-corrected chi connectivity index (χ3v) is 10.8. The molecule has 33 heavy (non-hydrogen) atoms. The Morgan fingerprint density at radius 1 is 0.970 bits per heavy atom. The third-order valence-electron chi connectivity index (χ3n) is 6.32. The van der Waals surface area contributed by atoms with Gasteiger partial charge in [-0.05, 0) is 35.8 Å². The predicted molar refractivity (Wildman–Crippen MR) is 131 cm³/mol. The van der Waals surface area contributed by atoms with Crippen LogP contribution in [0.2, 0.25) is 18.1 Å². The molecule has 1 saturated heterocycles. The number of benzene rings is 2. The highest BCUT2D eigenvalue weighted by Crippen LogP contribution is 2.37. The number of methoxy groups -OCH3 is 1. The van der Waals surface area contributed by atoms with Gasteiger partial charge in [0.15, 0.2) is 8.32 Å². The Hall–Kier alpha value is -1.74. The first-order chi connectivity index (χ1) is 15.7. The highest BCUT2D eigenvalue weighted by Gasteiger charge is 2.41. The molecule has 0 aliphatic carbocycles. The number of hydrogen-bond donors (Lipinski definition) is 0. The van der Waals surface area contributed by atoms with Crippen molar-refractivity contribution in [2.24, 2.45) is 0 Å². The lowest BCUT2D eigenvalue weighted by Crippen LogP contribution is -2.54.